The molecule has 2 rings (SSSR count). The Bertz CT molecular complexity index is 702. The number of nitrogens with two attached hydrogens (primary N) is 1. The predicted octanol–water partition coefficient (Wildman–Crippen LogP) is 1.88. The molecule has 0 aliphatic rings. The second-order valence-corrected chi connectivity index (χ2v) is 4.22. The summed E-state index contributed by atoms with van der Waals surface area (Å²) < 4.78 is 0. The highest BCUT2D eigenvalue weighted by Gasteiger charge is 2.12. The van der Waals surface area contributed by atoms with E-state index >= 15 is 0 Å². The molecule has 0 atom stereocenters. The lowest BCUT2D eigenvalue weighted by molar-refractivity contribution is -0.384. The van der Waals surface area contributed by atoms with E-state index < -0.39 is 10.9 Å². The van der Waals surface area contributed by atoms with Gasteiger partial charge in [-0.2, -0.15) is 0 Å². The van der Waals surface area contributed by atoms with Crippen molar-refractivity contribution in [2.45, 2.75) is 6.54 Å². The molecule has 2 aromatic rings. The van der Waals surface area contributed by atoms with Gasteiger partial charge in [0, 0.05) is 12.6 Å². The molecule has 0 bridgehead atoms. The van der Waals surface area contributed by atoms with E-state index in [-0.39, 0.29) is 17.1 Å². The quantitative estimate of drug-likeness (QED) is 0.565. The lowest BCUT2D eigenvalue weighted by atomic mass is 10.1. The summed E-state index contributed by atoms with van der Waals surface area (Å²) in [5.41, 5.74) is 6.16. The summed E-state index contributed by atoms with van der Waals surface area (Å²) in [5, 5.41) is 22.5. The number of aromatic nitrogens is 1. The first-order valence-corrected chi connectivity index (χ1v) is 5.94. The van der Waals surface area contributed by atoms with Crippen LogP contribution in [0.3, 0.4) is 0 Å². The van der Waals surface area contributed by atoms with Gasteiger partial charge >= 0.3 is 11.7 Å². The van der Waals surface area contributed by atoms with Crippen LogP contribution >= 0.6 is 0 Å². The Balaban J connectivity index is 2.10. The van der Waals surface area contributed by atoms with Crippen LogP contribution < -0.4 is 11.1 Å². The molecule has 0 aliphatic carbocycles. The van der Waals surface area contributed by atoms with E-state index in [9.17, 15) is 14.9 Å². The fraction of sp³-hybridized carbons (Fsp3) is 0.0769. The van der Waals surface area contributed by atoms with Crippen LogP contribution in [0.4, 0.5) is 17.3 Å². The first kappa shape index (κ1) is 14.3. The van der Waals surface area contributed by atoms with Crippen molar-refractivity contribution in [3.05, 3.63) is 57.6 Å². The van der Waals surface area contributed by atoms with Crippen LogP contribution in [0.25, 0.3) is 0 Å². The zero-order valence-corrected chi connectivity index (χ0v) is 10.8. The molecule has 1 heterocycles. The molecule has 0 spiro atoms. The second kappa shape index (κ2) is 5.87. The number of nitro groups is 1. The summed E-state index contributed by atoms with van der Waals surface area (Å²) in [6.45, 7) is 0.325. The van der Waals surface area contributed by atoms with Gasteiger partial charge in [0.2, 0.25) is 5.82 Å². The normalized spacial score (nSPS) is 10.1. The number of benzene rings is 1. The zero-order chi connectivity index (χ0) is 15.4. The molecule has 4 N–H and O–H groups in total. The molecule has 0 unspecified atom stereocenters. The molecular formula is C13H12N4O4. The molecule has 0 radical (unpaired) electrons. The SMILES string of the molecule is Nc1nc(NCc2cccc(C(=O)O)c2)ccc1[N+](=O)[O-]. The number of aromatic carboxylic acids is 1. The first-order valence-electron chi connectivity index (χ1n) is 5.94. The third kappa shape index (κ3) is 3.44. The number of carbonyl (C=O) groups is 1. The maximum Gasteiger partial charge on any atom is 0.335 e. The molecule has 108 valence electrons. The summed E-state index contributed by atoms with van der Waals surface area (Å²) in [6.07, 6.45) is 0. The Morgan fingerprint density at radius 3 is 2.76 bits per heavy atom. The number of carboxylic acid groups (broad SMARTS) is 1. The van der Waals surface area contributed by atoms with Gasteiger partial charge in [0.15, 0.2) is 0 Å². The van der Waals surface area contributed by atoms with Crippen molar-refractivity contribution >= 4 is 23.3 Å². The minimum absolute atomic E-state index is 0.177. The molecule has 1 aromatic carbocycles. The average Bonchev–Trinajstić information content (AvgIpc) is 2.45. The number of hydrogen-bond donors (Lipinski definition) is 3. The molecule has 8 nitrogen and oxygen atoms in total. The zero-order valence-electron chi connectivity index (χ0n) is 10.8. The number of nitrogens with zero attached hydrogens (tertiary/aromatic N) is 2. The molecule has 0 aliphatic heterocycles. The number of rotatable bonds is 5. The van der Waals surface area contributed by atoms with E-state index in [4.69, 9.17) is 10.8 Å². The second-order valence-electron chi connectivity index (χ2n) is 4.22. The van der Waals surface area contributed by atoms with Gasteiger partial charge < -0.3 is 16.2 Å². The summed E-state index contributed by atoms with van der Waals surface area (Å²) in [5.74, 6) is -0.808. The van der Waals surface area contributed by atoms with Crippen molar-refractivity contribution in [1.29, 1.82) is 0 Å². The van der Waals surface area contributed by atoms with Crippen molar-refractivity contribution in [2.75, 3.05) is 11.1 Å². The van der Waals surface area contributed by atoms with Gasteiger partial charge in [-0.25, -0.2) is 9.78 Å². The number of nitrogens with one attached hydrogen (secondary N) is 1. The van der Waals surface area contributed by atoms with E-state index in [1.165, 1.54) is 24.3 Å². The number of pyridine rings is 1. The summed E-state index contributed by atoms with van der Waals surface area (Å²) in [7, 11) is 0. The maximum absolute atomic E-state index is 10.9. The van der Waals surface area contributed by atoms with Crippen molar-refractivity contribution < 1.29 is 14.8 Å². The van der Waals surface area contributed by atoms with E-state index in [1.807, 2.05) is 0 Å². The monoisotopic (exact) mass is 288 g/mol. The highest BCUT2D eigenvalue weighted by atomic mass is 16.6. The molecular weight excluding hydrogens is 276 g/mol. The van der Waals surface area contributed by atoms with Gasteiger partial charge in [-0.05, 0) is 23.8 Å². The number of hydrogen-bond acceptors (Lipinski definition) is 6. The highest BCUT2D eigenvalue weighted by molar-refractivity contribution is 5.87. The lowest BCUT2D eigenvalue weighted by Gasteiger charge is -2.07. The molecule has 0 fully saturated rings. The standard InChI is InChI=1S/C13H12N4O4/c14-12-10(17(20)21)4-5-11(16-12)15-7-8-2-1-3-9(6-8)13(18)19/h1-6H,7H2,(H,18,19)(H3,14,15,16). The smallest absolute Gasteiger partial charge is 0.335 e. The van der Waals surface area contributed by atoms with Crippen LogP contribution in [-0.4, -0.2) is 21.0 Å². The van der Waals surface area contributed by atoms with Gasteiger partial charge in [-0.1, -0.05) is 12.1 Å². The Labute approximate surface area is 119 Å². The molecule has 21 heavy (non-hydrogen) atoms. The minimum Gasteiger partial charge on any atom is -0.478 e. The predicted molar refractivity (Wildman–Crippen MR) is 76.0 cm³/mol. The maximum atomic E-state index is 10.9. The van der Waals surface area contributed by atoms with Crippen molar-refractivity contribution in [3.8, 4) is 0 Å². The van der Waals surface area contributed by atoms with Gasteiger partial charge in [0.25, 0.3) is 0 Å². The van der Waals surface area contributed by atoms with Crippen LogP contribution in [0.2, 0.25) is 0 Å². The minimum atomic E-state index is -1.01. The van der Waals surface area contributed by atoms with Crippen molar-refractivity contribution in [2.24, 2.45) is 0 Å². The molecule has 0 saturated heterocycles. The van der Waals surface area contributed by atoms with Crippen molar-refractivity contribution in [1.82, 2.24) is 4.98 Å². The lowest BCUT2D eigenvalue weighted by Crippen LogP contribution is -2.05. The average molecular weight is 288 g/mol. The number of anilines is 2. The fourth-order valence-electron chi connectivity index (χ4n) is 1.73. The van der Waals surface area contributed by atoms with E-state index in [0.717, 1.165) is 5.56 Å². The first-order chi connectivity index (χ1) is 9.97. The van der Waals surface area contributed by atoms with Crippen LogP contribution in [0, 0.1) is 10.1 Å². The fourth-order valence-corrected chi connectivity index (χ4v) is 1.73. The van der Waals surface area contributed by atoms with Gasteiger partial charge in [0.1, 0.15) is 5.82 Å². The Morgan fingerprint density at radius 1 is 1.38 bits per heavy atom. The van der Waals surface area contributed by atoms with E-state index in [0.29, 0.717) is 12.4 Å². The van der Waals surface area contributed by atoms with Gasteiger partial charge in [0.05, 0.1) is 10.5 Å². The van der Waals surface area contributed by atoms with Gasteiger partial charge in [-0.15, -0.1) is 0 Å². The number of nitrogen functional groups attached to an aromatic ring is 1. The molecule has 8 heteroatoms. The van der Waals surface area contributed by atoms with Crippen LogP contribution in [0.1, 0.15) is 15.9 Å². The largest absolute Gasteiger partial charge is 0.478 e. The molecule has 0 saturated carbocycles. The number of carboxylic acids is 1. The van der Waals surface area contributed by atoms with E-state index in [1.54, 1.807) is 12.1 Å². The summed E-state index contributed by atoms with van der Waals surface area (Å²) in [6, 6.07) is 9.12. The Hall–Kier alpha value is -3.16. The van der Waals surface area contributed by atoms with Crippen LogP contribution in [-0.2, 0) is 6.54 Å². The third-order valence-electron chi connectivity index (χ3n) is 2.75. The summed E-state index contributed by atoms with van der Waals surface area (Å²) in [4.78, 5) is 24.8. The Kier molecular flexibility index (Phi) is 3.98. The molecule has 0 amide bonds. The Morgan fingerprint density at radius 2 is 2.14 bits per heavy atom. The van der Waals surface area contributed by atoms with E-state index in [2.05, 4.69) is 10.3 Å². The molecule has 1 aromatic heterocycles. The van der Waals surface area contributed by atoms with Gasteiger partial charge in [-0.3, -0.25) is 10.1 Å². The van der Waals surface area contributed by atoms with Crippen LogP contribution in [0.5, 0.6) is 0 Å². The summed E-state index contributed by atoms with van der Waals surface area (Å²) >= 11 is 0. The van der Waals surface area contributed by atoms with Crippen molar-refractivity contribution in [3.63, 3.8) is 0 Å². The highest BCUT2D eigenvalue weighted by Crippen LogP contribution is 2.21. The topological polar surface area (TPSA) is 131 Å². The third-order valence-corrected chi connectivity index (χ3v) is 2.75. The van der Waals surface area contributed by atoms with Crippen LogP contribution in [0.15, 0.2) is 36.4 Å².